The van der Waals surface area contributed by atoms with Crippen molar-refractivity contribution in [2.75, 3.05) is 31.4 Å². The van der Waals surface area contributed by atoms with Crippen LogP contribution >= 0.6 is 7.60 Å². The standard InChI is InChI=1S/C28H33F3N5O6P/c1-6-27(7-2,43(38,39)40)16-9-10-19(22(13-16)41-5)34-26-32-14-18(28(29,30)31)24(35-26)33-20-11-12-21(42-8-3)17-15-36(4)25(37)23(17)20/h9-14H,6-8,15H2,1-5H3,(H2,38,39,40)(H2,32,33,34,35). The lowest BCUT2D eigenvalue weighted by molar-refractivity contribution is -0.137. The van der Waals surface area contributed by atoms with E-state index in [0.717, 1.165) is 0 Å². The van der Waals surface area contributed by atoms with Crippen LogP contribution in [-0.4, -0.2) is 51.3 Å². The number of rotatable bonds is 11. The first-order chi connectivity index (χ1) is 20.2. The van der Waals surface area contributed by atoms with E-state index in [-0.39, 0.29) is 53.9 Å². The van der Waals surface area contributed by atoms with E-state index in [1.807, 2.05) is 0 Å². The maximum atomic E-state index is 14.0. The summed E-state index contributed by atoms with van der Waals surface area (Å²) in [6, 6.07) is 7.54. The zero-order valence-electron chi connectivity index (χ0n) is 24.2. The molecule has 232 valence electrons. The van der Waals surface area contributed by atoms with E-state index in [1.54, 1.807) is 33.9 Å². The second kappa shape index (κ2) is 12.0. The minimum atomic E-state index is -4.82. The van der Waals surface area contributed by atoms with Gasteiger partial charge in [-0.2, -0.15) is 18.2 Å². The summed E-state index contributed by atoms with van der Waals surface area (Å²) in [5.41, 5.74) is 0.311. The molecule has 1 aliphatic heterocycles. The molecule has 0 unspecified atom stereocenters. The van der Waals surface area contributed by atoms with Crippen LogP contribution in [0.3, 0.4) is 0 Å². The van der Waals surface area contributed by atoms with E-state index in [2.05, 4.69) is 20.6 Å². The van der Waals surface area contributed by atoms with E-state index >= 15 is 0 Å². The second-order valence-electron chi connectivity index (χ2n) is 9.96. The van der Waals surface area contributed by atoms with Crippen molar-refractivity contribution in [3.05, 3.63) is 58.8 Å². The molecule has 4 N–H and O–H groups in total. The van der Waals surface area contributed by atoms with Gasteiger partial charge >= 0.3 is 13.8 Å². The van der Waals surface area contributed by atoms with Crippen LogP contribution in [0.4, 0.5) is 36.3 Å². The predicted octanol–water partition coefficient (Wildman–Crippen LogP) is 6.17. The smallest absolute Gasteiger partial charge is 0.421 e. The van der Waals surface area contributed by atoms with Crippen molar-refractivity contribution >= 4 is 36.6 Å². The molecule has 1 aromatic heterocycles. The number of amides is 1. The van der Waals surface area contributed by atoms with Crippen LogP contribution in [0.1, 0.15) is 60.7 Å². The minimum Gasteiger partial charge on any atom is -0.495 e. The molecule has 2 heterocycles. The lowest BCUT2D eigenvalue weighted by Gasteiger charge is -2.33. The summed E-state index contributed by atoms with van der Waals surface area (Å²) >= 11 is 0. The predicted molar refractivity (Wildman–Crippen MR) is 154 cm³/mol. The molecular weight excluding hydrogens is 590 g/mol. The Morgan fingerprint density at radius 1 is 1.05 bits per heavy atom. The Kier molecular flexibility index (Phi) is 8.96. The van der Waals surface area contributed by atoms with Crippen molar-refractivity contribution in [3.8, 4) is 11.5 Å². The highest BCUT2D eigenvalue weighted by atomic mass is 31.2. The molecule has 1 aliphatic rings. The zero-order chi connectivity index (χ0) is 31.7. The Labute approximate surface area is 246 Å². The molecule has 43 heavy (non-hydrogen) atoms. The first-order valence-corrected chi connectivity index (χ1v) is 15.1. The van der Waals surface area contributed by atoms with Crippen LogP contribution < -0.4 is 20.1 Å². The third-order valence-corrected chi connectivity index (χ3v) is 9.59. The third kappa shape index (κ3) is 5.99. The van der Waals surface area contributed by atoms with Gasteiger partial charge in [-0.1, -0.05) is 19.9 Å². The molecule has 0 saturated heterocycles. The topological polar surface area (TPSA) is 146 Å². The number of nitrogens with zero attached hydrogens (tertiary/aromatic N) is 3. The lowest BCUT2D eigenvalue weighted by Crippen LogP contribution is -2.24. The molecule has 0 atom stereocenters. The van der Waals surface area contributed by atoms with Crippen LogP contribution in [0.2, 0.25) is 0 Å². The number of benzene rings is 2. The van der Waals surface area contributed by atoms with Crippen molar-refractivity contribution in [2.24, 2.45) is 0 Å². The molecule has 4 rings (SSSR count). The van der Waals surface area contributed by atoms with Crippen molar-refractivity contribution in [1.82, 2.24) is 14.9 Å². The minimum absolute atomic E-state index is 0.123. The first-order valence-electron chi connectivity index (χ1n) is 13.5. The fourth-order valence-corrected chi connectivity index (χ4v) is 6.54. The maximum absolute atomic E-state index is 14.0. The third-order valence-electron chi connectivity index (χ3n) is 7.59. The molecule has 11 nitrogen and oxygen atoms in total. The van der Waals surface area contributed by atoms with Crippen LogP contribution in [0.15, 0.2) is 36.5 Å². The Bertz CT molecular complexity index is 1580. The Morgan fingerprint density at radius 2 is 1.72 bits per heavy atom. The van der Waals surface area contributed by atoms with Crippen molar-refractivity contribution in [1.29, 1.82) is 0 Å². The number of hydrogen-bond donors (Lipinski definition) is 4. The van der Waals surface area contributed by atoms with Crippen LogP contribution in [-0.2, 0) is 22.4 Å². The maximum Gasteiger partial charge on any atom is 0.421 e. The van der Waals surface area contributed by atoms with Crippen LogP contribution in [0.25, 0.3) is 0 Å². The van der Waals surface area contributed by atoms with E-state index < -0.39 is 30.3 Å². The van der Waals surface area contributed by atoms with Gasteiger partial charge in [-0.05, 0) is 49.6 Å². The highest BCUT2D eigenvalue weighted by Gasteiger charge is 2.45. The lowest BCUT2D eigenvalue weighted by atomic mass is 9.92. The number of fused-ring (bicyclic) bond motifs is 1. The number of carbonyl (C=O) groups excluding carboxylic acids is 1. The van der Waals surface area contributed by atoms with E-state index in [0.29, 0.717) is 29.7 Å². The van der Waals surface area contributed by atoms with E-state index in [4.69, 9.17) is 9.47 Å². The fourth-order valence-electron chi connectivity index (χ4n) is 5.24. The van der Waals surface area contributed by atoms with Crippen LogP contribution in [0.5, 0.6) is 11.5 Å². The number of carbonyl (C=O) groups is 1. The number of nitrogens with one attached hydrogen (secondary N) is 2. The molecule has 0 bridgehead atoms. The molecule has 3 aromatic rings. The molecule has 0 aliphatic carbocycles. The Balaban J connectivity index is 1.75. The molecule has 0 spiro atoms. The van der Waals surface area contributed by atoms with Gasteiger partial charge in [-0.3, -0.25) is 9.36 Å². The number of anilines is 4. The summed E-state index contributed by atoms with van der Waals surface area (Å²) in [5, 5.41) is 4.08. The molecule has 15 heteroatoms. The molecule has 0 radical (unpaired) electrons. The number of methoxy groups -OCH3 is 1. The Morgan fingerprint density at radius 3 is 2.30 bits per heavy atom. The molecule has 1 amide bonds. The van der Waals surface area contributed by atoms with Gasteiger partial charge < -0.3 is 34.8 Å². The van der Waals surface area contributed by atoms with Crippen molar-refractivity contribution in [3.63, 3.8) is 0 Å². The highest BCUT2D eigenvalue weighted by Crippen LogP contribution is 2.61. The normalized spacial score (nSPS) is 13.6. The first kappa shape index (κ1) is 32.1. The number of ether oxygens (including phenoxy) is 2. The van der Waals surface area contributed by atoms with E-state index in [1.165, 1.54) is 36.3 Å². The number of aromatic nitrogens is 2. The largest absolute Gasteiger partial charge is 0.495 e. The summed E-state index contributed by atoms with van der Waals surface area (Å²) in [4.78, 5) is 42.5. The zero-order valence-corrected chi connectivity index (χ0v) is 25.1. The summed E-state index contributed by atoms with van der Waals surface area (Å²) in [5.74, 6) is -0.554. The number of alkyl halides is 3. The van der Waals surface area contributed by atoms with Gasteiger partial charge in [0.2, 0.25) is 5.95 Å². The Hall–Kier alpha value is -3.87. The van der Waals surface area contributed by atoms with Gasteiger partial charge in [0.25, 0.3) is 5.91 Å². The molecule has 0 saturated carbocycles. The van der Waals surface area contributed by atoms with Crippen molar-refractivity contribution in [2.45, 2.75) is 51.5 Å². The van der Waals surface area contributed by atoms with Gasteiger partial charge in [0.1, 0.15) is 22.9 Å². The molecular formula is C28H33F3N5O6P. The summed E-state index contributed by atoms with van der Waals surface area (Å²) in [6.07, 6.45) is -3.88. The highest BCUT2D eigenvalue weighted by molar-refractivity contribution is 7.53. The summed E-state index contributed by atoms with van der Waals surface area (Å²) in [7, 11) is -1.64. The average molecular weight is 624 g/mol. The molecule has 0 fully saturated rings. The van der Waals surface area contributed by atoms with Gasteiger partial charge in [-0.15, -0.1) is 0 Å². The fraction of sp³-hybridized carbons (Fsp3) is 0.393. The van der Waals surface area contributed by atoms with Gasteiger partial charge in [0.05, 0.1) is 42.4 Å². The molecule has 2 aromatic carbocycles. The number of halogens is 3. The van der Waals surface area contributed by atoms with Crippen molar-refractivity contribution < 1.29 is 41.8 Å². The number of hydrogen-bond acceptors (Lipinski definition) is 8. The summed E-state index contributed by atoms with van der Waals surface area (Å²) in [6.45, 7) is 5.72. The van der Waals surface area contributed by atoms with Crippen LogP contribution in [0, 0.1) is 0 Å². The second-order valence-corrected chi connectivity index (χ2v) is 11.9. The SMILES string of the molecule is CCOc1ccc(Nc2nc(Nc3ccc(C(CC)(CC)P(=O)(O)O)cc3OC)ncc2C(F)(F)F)c2c1CN(C)C2=O. The van der Waals surface area contributed by atoms with Gasteiger partial charge in [0, 0.05) is 18.8 Å². The quantitative estimate of drug-likeness (QED) is 0.183. The monoisotopic (exact) mass is 623 g/mol. The van der Waals surface area contributed by atoms with E-state index in [9.17, 15) is 32.3 Å². The van der Waals surface area contributed by atoms with Gasteiger partial charge in [-0.25, -0.2) is 4.98 Å². The van der Waals surface area contributed by atoms with Gasteiger partial charge in [0.15, 0.2) is 0 Å². The average Bonchev–Trinajstić information content (AvgIpc) is 3.24. The summed E-state index contributed by atoms with van der Waals surface area (Å²) < 4.78 is 65.5.